The van der Waals surface area contributed by atoms with E-state index in [4.69, 9.17) is 11.6 Å². The summed E-state index contributed by atoms with van der Waals surface area (Å²) in [6.45, 7) is 0. The number of hydrogen-bond donors (Lipinski definition) is 1. The molecule has 0 aromatic heterocycles. The molecule has 0 atom stereocenters. The summed E-state index contributed by atoms with van der Waals surface area (Å²) in [6.07, 6.45) is 2.91. The summed E-state index contributed by atoms with van der Waals surface area (Å²) in [7, 11) is 0. The number of aromatic hydroxyl groups is 1. The van der Waals surface area contributed by atoms with Crippen LogP contribution in [-0.2, 0) is 0 Å². The highest BCUT2D eigenvalue weighted by Crippen LogP contribution is 2.15. The first-order chi connectivity index (χ1) is 9.99. The Morgan fingerprint density at radius 3 is 2.48 bits per heavy atom. The predicted octanol–water partition coefficient (Wildman–Crippen LogP) is 3.91. The number of benzene rings is 1. The van der Waals surface area contributed by atoms with E-state index in [1.54, 1.807) is 42.5 Å². The van der Waals surface area contributed by atoms with Crippen molar-refractivity contribution in [1.29, 1.82) is 0 Å². The highest BCUT2D eigenvalue weighted by molar-refractivity contribution is 14.1. The summed E-state index contributed by atoms with van der Waals surface area (Å²) >= 11 is 7.59. The molecule has 0 aliphatic rings. The summed E-state index contributed by atoms with van der Waals surface area (Å²) in [5.41, 5.74) is 0.224. The number of hydrogen-bond acceptors (Lipinski definition) is 3. The number of carbonyl (C=O) groups is 1. The molecule has 2 aromatic carbocycles. The molecule has 0 radical (unpaired) electrons. The topological polar surface area (TPSA) is 54.4 Å². The Kier molecular flexibility index (Phi) is 5.14. The van der Waals surface area contributed by atoms with Crippen molar-refractivity contribution in [3.05, 3.63) is 78.5 Å². The van der Waals surface area contributed by atoms with Crippen LogP contribution in [0.3, 0.4) is 0 Å². The number of rotatable bonds is 3. The van der Waals surface area contributed by atoms with Crippen LogP contribution in [0.4, 0.5) is 0 Å². The van der Waals surface area contributed by atoms with Crippen LogP contribution < -0.4 is 5.43 Å². The fourth-order valence-electron chi connectivity index (χ4n) is 1.65. The van der Waals surface area contributed by atoms with Crippen molar-refractivity contribution in [2.75, 3.05) is 0 Å². The highest BCUT2D eigenvalue weighted by Gasteiger charge is 2.11. The maximum atomic E-state index is 12.1. The second kappa shape index (κ2) is 6.87. The zero-order chi connectivity index (χ0) is 15.4. The second-order valence-electron chi connectivity index (χ2n) is 4.21. The lowest BCUT2D eigenvalue weighted by molar-refractivity contribution is 0.104. The highest BCUT2D eigenvalue weighted by atomic mass is 127. The monoisotopic (exact) mass is 412 g/mol. The lowest BCUT2D eigenvalue weighted by atomic mass is 10.1. The van der Waals surface area contributed by atoms with Gasteiger partial charge < -0.3 is 5.11 Å². The van der Waals surface area contributed by atoms with Gasteiger partial charge in [0.05, 0.1) is 9.13 Å². The molecule has 0 fully saturated rings. The van der Waals surface area contributed by atoms with E-state index >= 15 is 0 Å². The number of allylic oxidation sites excluding steroid dienone is 1. The fraction of sp³-hybridized carbons (Fsp3) is 0. The van der Waals surface area contributed by atoms with Gasteiger partial charge in [0.25, 0.3) is 0 Å². The van der Waals surface area contributed by atoms with Crippen molar-refractivity contribution in [3.63, 3.8) is 0 Å². The van der Waals surface area contributed by atoms with Crippen LogP contribution in [0, 0.1) is 3.57 Å². The third-order valence-corrected chi connectivity index (χ3v) is 3.86. The minimum atomic E-state index is -0.552. The Labute approximate surface area is 140 Å². The first-order valence-corrected chi connectivity index (χ1v) is 7.44. The lowest BCUT2D eigenvalue weighted by Crippen LogP contribution is -2.04. The number of halogens is 2. The van der Waals surface area contributed by atoms with Gasteiger partial charge in [0.15, 0.2) is 11.5 Å². The molecule has 0 unspecified atom stereocenters. The molecule has 1 N–H and O–H groups in total. The Morgan fingerprint density at radius 1 is 1.14 bits per heavy atom. The normalized spacial score (nSPS) is 10.8. The molecule has 0 spiro atoms. The SMILES string of the molecule is O=C(/C=C\c1ccc(Cl)cc1)c1cccc(I)c(=O)c1O. The molecule has 2 aromatic rings. The van der Waals surface area contributed by atoms with Crippen LogP contribution in [0.2, 0.25) is 5.02 Å². The van der Waals surface area contributed by atoms with Crippen LogP contribution in [0.1, 0.15) is 15.9 Å². The standard InChI is InChI=1S/C16H10ClIO3/c17-11-7-4-10(5-8-11)6-9-14(19)12-2-1-3-13(18)16(21)15(12)20/h1-9H,(H,20,21)/b9-6-. The molecule has 0 saturated heterocycles. The molecule has 21 heavy (non-hydrogen) atoms. The summed E-state index contributed by atoms with van der Waals surface area (Å²) in [5.74, 6) is -0.971. The van der Waals surface area contributed by atoms with Gasteiger partial charge in [-0.3, -0.25) is 9.59 Å². The smallest absolute Gasteiger partial charge is 0.234 e. The molecule has 5 heteroatoms. The van der Waals surface area contributed by atoms with E-state index in [2.05, 4.69) is 0 Å². The van der Waals surface area contributed by atoms with Crippen molar-refractivity contribution in [3.8, 4) is 5.75 Å². The Bertz CT molecular complexity index is 767. The zero-order valence-electron chi connectivity index (χ0n) is 10.7. The molecular formula is C16H10ClIO3. The van der Waals surface area contributed by atoms with E-state index in [-0.39, 0.29) is 5.56 Å². The van der Waals surface area contributed by atoms with Gasteiger partial charge in [-0.05, 0) is 58.5 Å². The minimum absolute atomic E-state index is 0.0203. The minimum Gasteiger partial charge on any atom is -0.504 e. The lowest BCUT2D eigenvalue weighted by Gasteiger charge is -1.96. The molecule has 0 aliphatic carbocycles. The summed E-state index contributed by atoms with van der Waals surface area (Å²) in [4.78, 5) is 23.9. The van der Waals surface area contributed by atoms with Crippen LogP contribution in [0.5, 0.6) is 5.75 Å². The quantitative estimate of drug-likeness (QED) is 0.472. The average Bonchev–Trinajstić information content (AvgIpc) is 2.60. The van der Waals surface area contributed by atoms with Crippen molar-refractivity contribution in [1.82, 2.24) is 0 Å². The average molecular weight is 413 g/mol. The number of carbonyl (C=O) groups excluding carboxylic acids is 1. The van der Waals surface area contributed by atoms with Gasteiger partial charge in [-0.15, -0.1) is 0 Å². The zero-order valence-corrected chi connectivity index (χ0v) is 13.6. The summed E-state index contributed by atoms with van der Waals surface area (Å²) in [5, 5.41) is 10.5. The van der Waals surface area contributed by atoms with Gasteiger partial charge in [-0.1, -0.05) is 35.9 Å². The first kappa shape index (κ1) is 15.7. The van der Waals surface area contributed by atoms with E-state index in [1.165, 1.54) is 12.1 Å². The fourth-order valence-corrected chi connectivity index (χ4v) is 2.24. The van der Waals surface area contributed by atoms with Crippen molar-refractivity contribution in [2.45, 2.75) is 0 Å². The van der Waals surface area contributed by atoms with Crippen molar-refractivity contribution < 1.29 is 9.90 Å². The molecule has 3 nitrogen and oxygen atoms in total. The van der Waals surface area contributed by atoms with Gasteiger partial charge in [-0.25, -0.2) is 0 Å². The van der Waals surface area contributed by atoms with Crippen molar-refractivity contribution >= 4 is 46.1 Å². The largest absolute Gasteiger partial charge is 0.504 e. The maximum Gasteiger partial charge on any atom is 0.234 e. The van der Waals surface area contributed by atoms with Gasteiger partial charge in [0, 0.05) is 5.02 Å². The molecule has 0 aliphatic heterocycles. The van der Waals surface area contributed by atoms with E-state index in [0.717, 1.165) is 5.56 Å². The Hall–Kier alpha value is -1.66. The van der Waals surface area contributed by atoms with Gasteiger partial charge in [0.1, 0.15) is 0 Å². The first-order valence-electron chi connectivity index (χ1n) is 5.99. The van der Waals surface area contributed by atoms with E-state index in [0.29, 0.717) is 8.59 Å². The molecule has 0 saturated carbocycles. The third kappa shape index (κ3) is 3.92. The molecule has 0 heterocycles. The summed E-state index contributed by atoms with van der Waals surface area (Å²) in [6, 6.07) is 11.5. The van der Waals surface area contributed by atoms with Gasteiger partial charge in [-0.2, -0.15) is 0 Å². The van der Waals surface area contributed by atoms with Crippen LogP contribution >= 0.6 is 34.2 Å². The van der Waals surface area contributed by atoms with E-state index in [1.807, 2.05) is 22.6 Å². The van der Waals surface area contributed by atoms with E-state index in [9.17, 15) is 14.7 Å². The van der Waals surface area contributed by atoms with Crippen LogP contribution in [0.15, 0.2) is 53.3 Å². The Morgan fingerprint density at radius 2 is 1.81 bits per heavy atom. The van der Waals surface area contributed by atoms with Gasteiger partial charge >= 0.3 is 0 Å². The summed E-state index contributed by atoms with van der Waals surface area (Å²) < 4.78 is 0.353. The Balaban J connectivity index is 2.34. The second-order valence-corrected chi connectivity index (χ2v) is 5.81. The molecule has 106 valence electrons. The van der Waals surface area contributed by atoms with Crippen LogP contribution in [-0.4, -0.2) is 10.9 Å². The predicted molar refractivity (Wildman–Crippen MR) is 91.9 cm³/mol. The van der Waals surface area contributed by atoms with E-state index < -0.39 is 17.0 Å². The maximum absolute atomic E-state index is 12.1. The van der Waals surface area contributed by atoms with Gasteiger partial charge in [0.2, 0.25) is 5.43 Å². The molecule has 0 bridgehead atoms. The molecule has 0 amide bonds. The molecule has 2 rings (SSSR count). The number of ketones is 1. The van der Waals surface area contributed by atoms with Crippen molar-refractivity contribution in [2.24, 2.45) is 0 Å². The third-order valence-electron chi connectivity index (χ3n) is 2.76. The van der Waals surface area contributed by atoms with Crippen LogP contribution in [0.25, 0.3) is 6.08 Å². The molecular weight excluding hydrogens is 403 g/mol.